The Balaban J connectivity index is 1.43. The SMILES string of the molecule is Fc1ccccc1-c1nnc2ccc(NCC(c3ccccc3Cl)N3CCOCC3)nn12. The molecule has 0 saturated carbocycles. The Labute approximate surface area is 189 Å². The van der Waals surface area contributed by atoms with E-state index in [0.717, 1.165) is 23.7 Å². The van der Waals surface area contributed by atoms with E-state index in [2.05, 4.69) is 31.6 Å². The average molecular weight is 453 g/mol. The zero-order valence-electron chi connectivity index (χ0n) is 17.3. The van der Waals surface area contributed by atoms with E-state index in [9.17, 15) is 4.39 Å². The van der Waals surface area contributed by atoms with Gasteiger partial charge in [0.15, 0.2) is 11.5 Å². The van der Waals surface area contributed by atoms with Crippen LogP contribution in [0.4, 0.5) is 10.2 Å². The summed E-state index contributed by atoms with van der Waals surface area (Å²) in [6, 6.07) is 18.1. The second kappa shape index (κ2) is 9.20. The van der Waals surface area contributed by atoms with E-state index in [0.29, 0.717) is 42.6 Å². The molecule has 4 aromatic rings. The summed E-state index contributed by atoms with van der Waals surface area (Å²) in [5, 5.41) is 17.0. The Kier molecular flexibility index (Phi) is 5.98. The molecule has 9 heteroatoms. The quantitative estimate of drug-likeness (QED) is 0.475. The molecule has 32 heavy (non-hydrogen) atoms. The first-order chi connectivity index (χ1) is 15.7. The fourth-order valence-electron chi connectivity index (χ4n) is 3.97. The van der Waals surface area contributed by atoms with Crippen molar-refractivity contribution in [1.82, 2.24) is 24.7 Å². The normalized spacial score (nSPS) is 15.7. The molecular weight excluding hydrogens is 431 g/mol. The van der Waals surface area contributed by atoms with Crippen molar-refractivity contribution in [1.29, 1.82) is 0 Å². The number of ether oxygens (including phenoxy) is 1. The van der Waals surface area contributed by atoms with Gasteiger partial charge in [0.25, 0.3) is 0 Å². The van der Waals surface area contributed by atoms with Gasteiger partial charge in [0, 0.05) is 24.7 Å². The van der Waals surface area contributed by atoms with E-state index >= 15 is 0 Å². The molecule has 5 rings (SSSR count). The standard InChI is InChI=1S/C23H22ClFN6O/c24-18-7-3-1-5-16(18)20(30-11-13-32-14-12-30)15-26-21-9-10-22-27-28-23(31(22)29-21)17-6-2-4-8-19(17)25/h1-10,20H,11-15H2,(H,26,29). The summed E-state index contributed by atoms with van der Waals surface area (Å²) in [5.41, 5.74) is 1.96. The molecule has 1 fully saturated rings. The molecule has 2 aromatic carbocycles. The molecule has 0 amide bonds. The van der Waals surface area contributed by atoms with Crippen LogP contribution in [0.3, 0.4) is 0 Å². The van der Waals surface area contributed by atoms with Gasteiger partial charge in [-0.05, 0) is 35.9 Å². The monoisotopic (exact) mass is 452 g/mol. The number of aromatic nitrogens is 4. The molecule has 0 radical (unpaired) electrons. The van der Waals surface area contributed by atoms with Crippen LogP contribution in [0.5, 0.6) is 0 Å². The highest BCUT2D eigenvalue weighted by Gasteiger charge is 2.24. The van der Waals surface area contributed by atoms with Crippen molar-refractivity contribution in [2.75, 3.05) is 38.2 Å². The largest absolute Gasteiger partial charge is 0.379 e. The topological polar surface area (TPSA) is 67.6 Å². The van der Waals surface area contributed by atoms with Gasteiger partial charge in [-0.2, -0.15) is 4.52 Å². The maximum atomic E-state index is 14.3. The zero-order valence-corrected chi connectivity index (χ0v) is 18.0. The summed E-state index contributed by atoms with van der Waals surface area (Å²) in [6.45, 7) is 3.63. The van der Waals surface area contributed by atoms with Gasteiger partial charge in [-0.25, -0.2) is 4.39 Å². The van der Waals surface area contributed by atoms with Gasteiger partial charge in [-0.1, -0.05) is 41.9 Å². The van der Waals surface area contributed by atoms with E-state index < -0.39 is 0 Å². The van der Waals surface area contributed by atoms with Crippen LogP contribution in [-0.4, -0.2) is 57.6 Å². The summed E-state index contributed by atoms with van der Waals surface area (Å²) in [5.74, 6) is 0.630. The first kappa shape index (κ1) is 20.8. The molecule has 0 bridgehead atoms. The van der Waals surface area contributed by atoms with Crippen LogP contribution >= 0.6 is 11.6 Å². The predicted octanol–water partition coefficient (Wildman–Crippen LogP) is 4.07. The zero-order chi connectivity index (χ0) is 21.9. The lowest BCUT2D eigenvalue weighted by atomic mass is 10.0. The summed E-state index contributed by atoms with van der Waals surface area (Å²) in [4.78, 5) is 2.36. The number of nitrogens with zero attached hydrogens (tertiary/aromatic N) is 5. The van der Waals surface area contributed by atoms with Crippen LogP contribution in [0.25, 0.3) is 17.0 Å². The van der Waals surface area contributed by atoms with E-state index in [1.54, 1.807) is 22.7 Å². The molecule has 164 valence electrons. The van der Waals surface area contributed by atoms with E-state index in [-0.39, 0.29) is 11.9 Å². The maximum absolute atomic E-state index is 14.3. The smallest absolute Gasteiger partial charge is 0.188 e. The van der Waals surface area contributed by atoms with E-state index in [1.807, 2.05) is 30.3 Å². The van der Waals surface area contributed by atoms with Crippen LogP contribution < -0.4 is 5.32 Å². The Hall–Kier alpha value is -3.07. The second-order valence-electron chi connectivity index (χ2n) is 7.56. The van der Waals surface area contributed by atoms with Crippen molar-refractivity contribution in [2.45, 2.75) is 6.04 Å². The number of fused-ring (bicyclic) bond motifs is 1. The van der Waals surface area contributed by atoms with Gasteiger partial charge >= 0.3 is 0 Å². The minimum absolute atomic E-state index is 0.0528. The molecule has 1 aliphatic rings. The fourth-order valence-corrected chi connectivity index (χ4v) is 4.23. The van der Waals surface area contributed by atoms with Crippen molar-refractivity contribution in [3.05, 3.63) is 77.1 Å². The number of halogens is 2. The second-order valence-corrected chi connectivity index (χ2v) is 7.97. The molecule has 1 saturated heterocycles. The highest BCUT2D eigenvalue weighted by molar-refractivity contribution is 6.31. The van der Waals surface area contributed by atoms with Crippen LogP contribution in [0.1, 0.15) is 11.6 Å². The number of rotatable bonds is 6. The molecule has 0 aliphatic carbocycles. The van der Waals surface area contributed by atoms with Gasteiger partial charge in [0.1, 0.15) is 11.6 Å². The molecule has 3 heterocycles. The van der Waals surface area contributed by atoms with Crippen molar-refractivity contribution in [2.24, 2.45) is 0 Å². The summed E-state index contributed by atoms with van der Waals surface area (Å²) < 4.78 is 21.4. The maximum Gasteiger partial charge on any atom is 0.188 e. The van der Waals surface area contributed by atoms with Crippen molar-refractivity contribution >= 4 is 23.1 Å². The first-order valence-corrected chi connectivity index (χ1v) is 10.9. The Bertz CT molecular complexity index is 1230. The summed E-state index contributed by atoms with van der Waals surface area (Å²) in [7, 11) is 0. The molecule has 1 unspecified atom stereocenters. The Morgan fingerprint density at radius 1 is 1.00 bits per heavy atom. The van der Waals surface area contributed by atoms with Crippen LogP contribution in [0, 0.1) is 5.82 Å². The number of hydrogen-bond donors (Lipinski definition) is 1. The predicted molar refractivity (Wildman–Crippen MR) is 121 cm³/mol. The van der Waals surface area contributed by atoms with E-state index in [4.69, 9.17) is 16.3 Å². The molecule has 2 aromatic heterocycles. The molecule has 0 spiro atoms. The number of benzene rings is 2. The Morgan fingerprint density at radius 2 is 1.78 bits per heavy atom. The molecule has 1 aliphatic heterocycles. The third kappa shape index (κ3) is 4.17. The summed E-state index contributed by atoms with van der Waals surface area (Å²) >= 11 is 6.53. The first-order valence-electron chi connectivity index (χ1n) is 10.5. The molecule has 1 atom stereocenters. The minimum atomic E-state index is -0.368. The lowest BCUT2D eigenvalue weighted by Crippen LogP contribution is -2.41. The van der Waals surface area contributed by atoms with Crippen LogP contribution in [0.15, 0.2) is 60.7 Å². The molecule has 1 N–H and O–H groups in total. The van der Waals surface area contributed by atoms with Gasteiger partial charge in [-0.3, -0.25) is 4.90 Å². The number of nitrogens with one attached hydrogen (secondary N) is 1. The third-order valence-electron chi connectivity index (χ3n) is 5.60. The Morgan fingerprint density at radius 3 is 2.59 bits per heavy atom. The van der Waals surface area contributed by atoms with Crippen LogP contribution in [0.2, 0.25) is 5.02 Å². The number of anilines is 1. The van der Waals surface area contributed by atoms with Crippen molar-refractivity contribution in [3.8, 4) is 11.4 Å². The summed E-state index contributed by atoms with van der Waals surface area (Å²) in [6.07, 6.45) is 0. The number of morpholine rings is 1. The lowest BCUT2D eigenvalue weighted by Gasteiger charge is -2.35. The minimum Gasteiger partial charge on any atom is -0.379 e. The highest BCUT2D eigenvalue weighted by atomic mass is 35.5. The number of hydrogen-bond acceptors (Lipinski definition) is 6. The highest BCUT2D eigenvalue weighted by Crippen LogP contribution is 2.29. The van der Waals surface area contributed by atoms with Gasteiger partial charge in [-0.15, -0.1) is 15.3 Å². The van der Waals surface area contributed by atoms with Crippen molar-refractivity contribution < 1.29 is 9.13 Å². The average Bonchev–Trinajstić information content (AvgIpc) is 3.24. The van der Waals surface area contributed by atoms with Gasteiger partial charge in [0.2, 0.25) is 0 Å². The van der Waals surface area contributed by atoms with Gasteiger partial charge in [0.05, 0.1) is 24.8 Å². The van der Waals surface area contributed by atoms with Crippen molar-refractivity contribution in [3.63, 3.8) is 0 Å². The third-order valence-corrected chi connectivity index (χ3v) is 5.95. The fraction of sp³-hybridized carbons (Fsp3) is 0.261. The van der Waals surface area contributed by atoms with Gasteiger partial charge < -0.3 is 10.1 Å². The van der Waals surface area contributed by atoms with E-state index in [1.165, 1.54) is 6.07 Å². The molecular formula is C23H22ClFN6O. The van der Waals surface area contributed by atoms with Crippen LogP contribution in [-0.2, 0) is 4.74 Å². The lowest BCUT2D eigenvalue weighted by molar-refractivity contribution is 0.0187. The molecule has 7 nitrogen and oxygen atoms in total.